The Morgan fingerprint density at radius 1 is 1.16 bits per heavy atom. The summed E-state index contributed by atoms with van der Waals surface area (Å²) in [6.45, 7) is -0.762. The number of benzene rings is 1. The highest BCUT2D eigenvalue weighted by Gasteiger charge is 2.41. The first-order valence-electron chi connectivity index (χ1n) is 5.69. The van der Waals surface area contributed by atoms with Crippen molar-refractivity contribution in [2.45, 2.75) is 24.9 Å². The monoisotopic (exact) mass is 283 g/mol. The predicted molar refractivity (Wildman–Crippen MR) is 57.8 cm³/mol. The number of halogens is 6. The smallest absolute Gasteiger partial charge is 0.365 e. The fourth-order valence-electron chi connectivity index (χ4n) is 2.23. The van der Waals surface area contributed by atoms with Gasteiger partial charge < -0.3 is 4.90 Å². The van der Waals surface area contributed by atoms with Crippen molar-refractivity contribution in [3.05, 3.63) is 29.6 Å². The highest BCUT2D eigenvalue weighted by molar-refractivity contribution is 5.56. The van der Waals surface area contributed by atoms with Crippen LogP contribution in [-0.2, 0) is 6.18 Å². The van der Waals surface area contributed by atoms with Crippen LogP contribution < -0.4 is 4.90 Å². The lowest BCUT2D eigenvalue weighted by Crippen LogP contribution is -2.43. The van der Waals surface area contributed by atoms with Crippen molar-refractivity contribution in [2.75, 3.05) is 18.0 Å². The van der Waals surface area contributed by atoms with E-state index in [1.54, 1.807) is 0 Å². The minimum atomic E-state index is -4.91. The Bertz CT molecular complexity index is 468. The fourth-order valence-corrected chi connectivity index (χ4v) is 2.23. The third kappa shape index (κ3) is 2.96. The molecule has 0 unspecified atom stereocenters. The van der Waals surface area contributed by atoms with E-state index in [1.807, 2.05) is 0 Å². The summed E-state index contributed by atoms with van der Waals surface area (Å²) in [7, 11) is 0. The van der Waals surface area contributed by atoms with Crippen LogP contribution in [0, 0.1) is 5.82 Å². The average Bonchev–Trinajstić information content (AvgIpc) is 2.25. The summed E-state index contributed by atoms with van der Waals surface area (Å²) < 4.78 is 78.3. The minimum absolute atomic E-state index is 0.0577. The minimum Gasteiger partial charge on any atom is -0.365 e. The van der Waals surface area contributed by atoms with Gasteiger partial charge in [-0.3, -0.25) is 0 Å². The van der Waals surface area contributed by atoms with E-state index in [2.05, 4.69) is 0 Å². The highest BCUT2D eigenvalue weighted by Crippen LogP contribution is 2.40. The standard InChI is InChI=1S/C12H11F6N/c13-8-3-1-4-9(10(8)12(16,17)18)19-6-2-5-11(14,15)7-19/h1,3-4H,2,5-7H2. The van der Waals surface area contributed by atoms with Crippen molar-refractivity contribution >= 4 is 5.69 Å². The van der Waals surface area contributed by atoms with Gasteiger partial charge in [0.15, 0.2) is 0 Å². The number of anilines is 1. The van der Waals surface area contributed by atoms with E-state index >= 15 is 0 Å². The Labute approximate surface area is 105 Å². The molecule has 0 aliphatic carbocycles. The second-order valence-corrected chi connectivity index (χ2v) is 4.51. The third-order valence-corrected chi connectivity index (χ3v) is 3.01. The molecule has 1 heterocycles. The number of hydrogen-bond acceptors (Lipinski definition) is 1. The summed E-state index contributed by atoms with van der Waals surface area (Å²) in [6, 6.07) is 2.79. The summed E-state index contributed by atoms with van der Waals surface area (Å²) in [5, 5.41) is 0. The molecule has 1 saturated heterocycles. The molecule has 0 bridgehead atoms. The predicted octanol–water partition coefficient (Wildman–Crippen LogP) is 4.08. The van der Waals surface area contributed by atoms with Gasteiger partial charge in [-0.15, -0.1) is 0 Å². The molecule has 1 aromatic rings. The van der Waals surface area contributed by atoms with Gasteiger partial charge in [-0.05, 0) is 18.6 Å². The maximum Gasteiger partial charge on any atom is 0.421 e. The lowest BCUT2D eigenvalue weighted by Gasteiger charge is -2.35. The summed E-state index contributed by atoms with van der Waals surface area (Å²) in [5.74, 6) is -4.49. The van der Waals surface area contributed by atoms with Crippen LogP contribution in [0.25, 0.3) is 0 Å². The molecule has 1 fully saturated rings. The maximum atomic E-state index is 13.4. The van der Waals surface area contributed by atoms with E-state index in [9.17, 15) is 26.3 Å². The van der Waals surface area contributed by atoms with Gasteiger partial charge in [0.25, 0.3) is 5.92 Å². The highest BCUT2D eigenvalue weighted by atomic mass is 19.4. The molecule has 1 aromatic carbocycles. The van der Waals surface area contributed by atoms with Crippen molar-refractivity contribution in [1.29, 1.82) is 0 Å². The number of hydrogen-bond donors (Lipinski definition) is 0. The molecule has 0 aromatic heterocycles. The first-order chi connectivity index (χ1) is 8.71. The number of nitrogens with zero attached hydrogens (tertiary/aromatic N) is 1. The van der Waals surface area contributed by atoms with Crippen LogP contribution in [0.1, 0.15) is 18.4 Å². The van der Waals surface area contributed by atoms with Crippen LogP contribution in [0.2, 0.25) is 0 Å². The van der Waals surface area contributed by atoms with Crippen LogP contribution in [0.5, 0.6) is 0 Å². The molecule has 2 rings (SSSR count). The number of rotatable bonds is 1. The van der Waals surface area contributed by atoms with Crippen LogP contribution in [0.4, 0.5) is 32.0 Å². The lowest BCUT2D eigenvalue weighted by atomic mass is 10.0. The second-order valence-electron chi connectivity index (χ2n) is 4.51. The molecule has 0 spiro atoms. The van der Waals surface area contributed by atoms with Crippen molar-refractivity contribution in [3.63, 3.8) is 0 Å². The van der Waals surface area contributed by atoms with E-state index in [0.717, 1.165) is 17.0 Å². The topological polar surface area (TPSA) is 3.24 Å². The molecule has 0 radical (unpaired) electrons. The normalized spacial score (nSPS) is 19.6. The van der Waals surface area contributed by atoms with E-state index in [-0.39, 0.29) is 19.4 Å². The molecule has 0 saturated carbocycles. The van der Waals surface area contributed by atoms with Crippen LogP contribution in [0.3, 0.4) is 0 Å². The van der Waals surface area contributed by atoms with Crippen molar-refractivity contribution < 1.29 is 26.3 Å². The van der Waals surface area contributed by atoms with Crippen molar-refractivity contribution in [2.24, 2.45) is 0 Å². The molecule has 1 aliphatic rings. The van der Waals surface area contributed by atoms with E-state index in [4.69, 9.17) is 0 Å². The molecule has 1 aliphatic heterocycles. The van der Waals surface area contributed by atoms with Crippen molar-refractivity contribution in [1.82, 2.24) is 0 Å². The Kier molecular flexibility index (Phi) is 3.40. The molecular weight excluding hydrogens is 272 g/mol. The van der Waals surface area contributed by atoms with Gasteiger partial charge in [-0.1, -0.05) is 6.07 Å². The lowest BCUT2D eigenvalue weighted by molar-refractivity contribution is -0.139. The second kappa shape index (κ2) is 4.61. The van der Waals surface area contributed by atoms with Crippen molar-refractivity contribution in [3.8, 4) is 0 Å². The zero-order valence-corrected chi connectivity index (χ0v) is 9.78. The summed E-state index contributed by atoms with van der Waals surface area (Å²) in [5.41, 5.74) is -2.00. The quantitative estimate of drug-likeness (QED) is 0.702. The molecule has 19 heavy (non-hydrogen) atoms. The Morgan fingerprint density at radius 3 is 2.42 bits per heavy atom. The molecular formula is C12H11F6N. The molecule has 106 valence electrons. The molecule has 0 atom stereocenters. The van der Waals surface area contributed by atoms with Gasteiger partial charge in [0.05, 0.1) is 12.2 Å². The summed E-state index contributed by atoms with van der Waals surface area (Å²) in [4.78, 5) is 0.898. The number of alkyl halides is 5. The van der Waals surface area contributed by atoms with Gasteiger partial charge >= 0.3 is 6.18 Å². The maximum absolute atomic E-state index is 13.4. The molecule has 0 amide bonds. The van der Waals surface area contributed by atoms with E-state index < -0.39 is 35.7 Å². The SMILES string of the molecule is Fc1cccc(N2CCCC(F)(F)C2)c1C(F)(F)F. The number of piperidine rings is 1. The van der Waals surface area contributed by atoms with Crippen LogP contribution in [-0.4, -0.2) is 19.0 Å². The Morgan fingerprint density at radius 2 is 1.84 bits per heavy atom. The first-order valence-corrected chi connectivity index (χ1v) is 5.69. The van der Waals surface area contributed by atoms with Crippen LogP contribution in [0.15, 0.2) is 18.2 Å². The molecule has 0 N–H and O–H groups in total. The van der Waals surface area contributed by atoms with Crippen LogP contribution >= 0.6 is 0 Å². The van der Waals surface area contributed by atoms with Gasteiger partial charge in [0.2, 0.25) is 0 Å². The molecule has 7 heteroatoms. The van der Waals surface area contributed by atoms with Gasteiger partial charge in [-0.25, -0.2) is 13.2 Å². The fraction of sp³-hybridized carbons (Fsp3) is 0.500. The Balaban J connectivity index is 2.42. The summed E-state index contributed by atoms with van der Waals surface area (Å²) >= 11 is 0. The van der Waals surface area contributed by atoms with Gasteiger partial charge in [0, 0.05) is 13.0 Å². The Hall–Kier alpha value is -1.40. The molecule has 1 nitrogen and oxygen atoms in total. The third-order valence-electron chi connectivity index (χ3n) is 3.01. The van der Waals surface area contributed by atoms with Gasteiger partial charge in [0.1, 0.15) is 11.4 Å². The first kappa shape index (κ1) is 14.0. The van der Waals surface area contributed by atoms with E-state index in [0.29, 0.717) is 6.07 Å². The zero-order valence-electron chi connectivity index (χ0n) is 9.78. The summed E-state index contributed by atoms with van der Waals surface area (Å²) in [6.07, 6.45) is -5.20. The zero-order chi connectivity index (χ0) is 14.3. The largest absolute Gasteiger partial charge is 0.421 e. The van der Waals surface area contributed by atoms with E-state index in [1.165, 1.54) is 0 Å². The average molecular weight is 283 g/mol. The van der Waals surface area contributed by atoms with Gasteiger partial charge in [-0.2, -0.15) is 13.2 Å².